The van der Waals surface area contributed by atoms with Gasteiger partial charge in [0.1, 0.15) is 12.3 Å². The van der Waals surface area contributed by atoms with Crippen molar-refractivity contribution in [1.82, 2.24) is 14.4 Å². The minimum absolute atomic E-state index is 0.0248. The van der Waals surface area contributed by atoms with Crippen LogP contribution in [0.1, 0.15) is 61.0 Å². The smallest absolute Gasteiger partial charge is 0.254 e. The lowest BCUT2D eigenvalue weighted by Crippen LogP contribution is -2.43. The SMILES string of the molecule is Cn1cccc1CN(Cc1ccco1)C(=O)CN(C(=O)c1ccc(C(C)(C)C)cc1)C1CC1. The van der Waals surface area contributed by atoms with E-state index in [0.717, 1.165) is 24.3 Å². The highest BCUT2D eigenvalue weighted by molar-refractivity contribution is 5.97. The van der Waals surface area contributed by atoms with Crippen molar-refractivity contribution in [3.63, 3.8) is 0 Å². The number of hydrogen-bond donors (Lipinski definition) is 0. The van der Waals surface area contributed by atoms with Gasteiger partial charge in [0.15, 0.2) is 0 Å². The summed E-state index contributed by atoms with van der Waals surface area (Å²) in [5.74, 6) is 0.557. The Balaban J connectivity index is 1.51. The van der Waals surface area contributed by atoms with Crippen LogP contribution >= 0.6 is 0 Å². The minimum atomic E-state index is -0.0841. The highest BCUT2D eigenvalue weighted by Gasteiger charge is 2.35. The number of furan rings is 1. The molecule has 4 rings (SSSR count). The molecule has 1 aliphatic carbocycles. The average molecular weight is 448 g/mol. The zero-order chi connectivity index (χ0) is 23.6. The third-order valence-electron chi connectivity index (χ3n) is 6.24. The summed E-state index contributed by atoms with van der Waals surface area (Å²) in [5.41, 5.74) is 2.86. The van der Waals surface area contributed by atoms with Crippen LogP contribution < -0.4 is 0 Å². The second kappa shape index (κ2) is 9.30. The van der Waals surface area contributed by atoms with Gasteiger partial charge in [-0.3, -0.25) is 9.59 Å². The van der Waals surface area contributed by atoms with Crippen LogP contribution in [0.2, 0.25) is 0 Å². The highest BCUT2D eigenvalue weighted by Crippen LogP contribution is 2.29. The number of carbonyl (C=O) groups is 2. The maximum atomic E-state index is 13.5. The van der Waals surface area contributed by atoms with E-state index in [1.165, 1.54) is 5.56 Å². The summed E-state index contributed by atoms with van der Waals surface area (Å²) in [6.07, 6.45) is 5.46. The van der Waals surface area contributed by atoms with Crippen LogP contribution in [0.25, 0.3) is 0 Å². The first-order valence-electron chi connectivity index (χ1n) is 11.5. The molecule has 33 heavy (non-hydrogen) atoms. The van der Waals surface area contributed by atoms with Gasteiger partial charge in [-0.05, 0) is 60.2 Å². The molecule has 1 saturated carbocycles. The molecule has 1 aromatic carbocycles. The number of carbonyl (C=O) groups excluding carboxylic acids is 2. The molecule has 0 unspecified atom stereocenters. The van der Waals surface area contributed by atoms with E-state index in [9.17, 15) is 9.59 Å². The number of benzene rings is 1. The molecule has 2 heterocycles. The lowest BCUT2D eigenvalue weighted by Gasteiger charge is -2.28. The fraction of sp³-hybridized carbons (Fsp3) is 0.407. The van der Waals surface area contributed by atoms with Crippen molar-refractivity contribution in [3.05, 3.63) is 83.6 Å². The molecule has 6 heteroatoms. The van der Waals surface area contributed by atoms with Crippen molar-refractivity contribution in [2.24, 2.45) is 7.05 Å². The molecule has 0 radical (unpaired) electrons. The van der Waals surface area contributed by atoms with Crippen LogP contribution in [0.4, 0.5) is 0 Å². The van der Waals surface area contributed by atoms with Gasteiger partial charge in [0.25, 0.3) is 5.91 Å². The standard InChI is InChI=1S/C27H33N3O3/c1-27(2,3)21-11-9-20(10-12-21)26(32)30(22-13-14-22)19-25(31)29(18-24-8-6-16-33-24)17-23-7-5-15-28(23)4/h5-12,15-16,22H,13-14,17-19H2,1-4H3. The molecule has 0 N–H and O–H groups in total. The van der Waals surface area contributed by atoms with E-state index >= 15 is 0 Å². The van der Waals surface area contributed by atoms with Gasteiger partial charge < -0.3 is 18.8 Å². The van der Waals surface area contributed by atoms with E-state index in [-0.39, 0.29) is 29.8 Å². The number of rotatable bonds is 8. The molecule has 0 atom stereocenters. The van der Waals surface area contributed by atoms with Crippen LogP contribution in [0, 0.1) is 0 Å². The summed E-state index contributed by atoms with van der Waals surface area (Å²) in [4.78, 5) is 30.3. The van der Waals surface area contributed by atoms with Gasteiger partial charge in [-0.25, -0.2) is 0 Å². The maximum Gasteiger partial charge on any atom is 0.254 e. The first-order valence-corrected chi connectivity index (χ1v) is 11.5. The van der Waals surface area contributed by atoms with E-state index in [0.29, 0.717) is 18.7 Å². The van der Waals surface area contributed by atoms with E-state index in [4.69, 9.17) is 4.42 Å². The molecule has 1 aliphatic rings. The van der Waals surface area contributed by atoms with Crippen molar-refractivity contribution in [2.45, 2.75) is 58.2 Å². The van der Waals surface area contributed by atoms with Crippen LogP contribution in [0.3, 0.4) is 0 Å². The summed E-state index contributed by atoms with van der Waals surface area (Å²) in [6.45, 7) is 7.34. The molecule has 0 aliphatic heterocycles. The summed E-state index contributed by atoms with van der Waals surface area (Å²) < 4.78 is 7.51. The molecule has 3 aromatic rings. The van der Waals surface area contributed by atoms with Crippen molar-refractivity contribution in [1.29, 1.82) is 0 Å². The Hall–Kier alpha value is -3.28. The third kappa shape index (κ3) is 5.56. The predicted molar refractivity (Wildman–Crippen MR) is 128 cm³/mol. The van der Waals surface area contributed by atoms with E-state index in [1.807, 2.05) is 66.3 Å². The van der Waals surface area contributed by atoms with Gasteiger partial charge in [-0.15, -0.1) is 0 Å². The van der Waals surface area contributed by atoms with Crippen molar-refractivity contribution in [2.75, 3.05) is 6.54 Å². The second-order valence-corrected chi connectivity index (χ2v) is 9.93. The Morgan fingerprint density at radius 2 is 1.76 bits per heavy atom. The molecule has 6 nitrogen and oxygen atoms in total. The molecule has 174 valence electrons. The molecular formula is C27H33N3O3. The zero-order valence-electron chi connectivity index (χ0n) is 20.0. The number of amides is 2. The third-order valence-corrected chi connectivity index (χ3v) is 6.24. The quantitative estimate of drug-likeness (QED) is 0.501. The zero-order valence-corrected chi connectivity index (χ0v) is 20.0. The molecule has 0 bridgehead atoms. The van der Waals surface area contributed by atoms with Gasteiger partial charge in [0, 0.05) is 30.5 Å². The highest BCUT2D eigenvalue weighted by atomic mass is 16.3. The first kappa shape index (κ1) is 22.9. The van der Waals surface area contributed by atoms with Gasteiger partial charge >= 0.3 is 0 Å². The molecule has 1 fully saturated rings. The van der Waals surface area contributed by atoms with E-state index < -0.39 is 0 Å². The normalized spacial score (nSPS) is 13.7. The van der Waals surface area contributed by atoms with Gasteiger partial charge in [-0.1, -0.05) is 32.9 Å². The number of nitrogens with zero attached hydrogens (tertiary/aromatic N) is 3. The van der Waals surface area contributed by atoms with Gasteiger partial charge in [0.2, 0.25) is 5.91 Å². The van der Waals surface area contributed by atoms with Crippen molar-refractivity contribution >= 4 is 11.8 Å². The summed E-state index contributed by atoms with van der Waals surface area (Å²) in [7, 11) is 1.96. The average Bonchev–Trinajstić information content (AvgIpc) is 3.34. The lowest BCUT2D eigenvalue weighted by molar-refractivity contribution is -0.133. The van der Waals surface area contributed by atoms with Crippen molar-refractivity contribution in [3.8, 4) is 0 Å². The van der Waals surface area contributed by atoms with Gasteiger partial charge in [-0.2, -0.15) is 0 Å². The molecule has 2 amide bonds. The maximum absolute atomic E-state index is 13.5. The van der Waals surface area contributed by atoms with Gasteiger partial charge in [0.05, 0.1) is 19.4 Å². The van der Waals surface area contributed by atoms with E-state index in [1.54, 1.807) is 16.1 Å². The number of aryl methyl sites for hydroxylation is 1. The Bertz CT molecular complexity index is 1090. The predicted octanol–water partition coefficient (Wildman–Crippen LogP) is 4.75. The fourth-order valence-corrected chi connectivity index (χ4v) is 3.96. The Labute approximate surface area is 195 Å². The largest absolute Gasteiger partial charge is 0.467 e. The summed E-state index contributed by atoms with van der Waals surface area (Å²) in [6, 6.07) is 15.6. The van der Waals surface area contributed by atoms with Crippen LogP contribution in [-0.2, 0) is 30.3 Å². The van der Waals surface area contributed by atoms with Crippen LogP contribution in [0.15, 0.2) is 65.4 Å². The molecular weight excluding hydrogens is 414 g/mol. The molecule has 2 aromatic heterocycles. The topological polar surface area (TPSA) is 58.7 Å². The molecule has 0 spiro atoms. The van der Waals surface area contributed by atoms with Crippen LogP contribution in [-0.4, -0.2) is 38.8 Å². The Kier molecular flexibility index (Phi) is 6.45. The van der Waals surface area contributed by atoms with Crippen LogP contribution in [0.5, 0.6) is 0 Å². The fourth-order valence-electron chi connectivity index (χ4n) is 3.96. The summed E-state index contributed by atoms with van der Waals surface area (Å²) >= 11 is 0. The Morgan fingerprint density at radius 1 is 1.03 bits per heavy atom. The monoisotopic (exact) mass is 447 g/mol. The second-order valence-electron chi connectivity index (χ2n) is 9.93. The summed E-state index contributed by atoms with van der Waals surface area (Å²) in [5, 5.41) is 0. The Morgan fingerprint density at radius 3 is 2.30 bits per heavy atom. The number of hydrogen-bond acceptors (Lipinski definition) is 3. The first-order chi connectivity index (χ1) is 15.7. The molecule has 0 saturated heterocycles. The minimum Gasteiger partial charge on any atom is -0.467 e. The lowest BCUT2D eigenvalue weighted by atomic mass is 9.86. The van der Waals surface area contributed by atoms with Crippen molar-refractivity contribution < 1.29 is 14.0 Å². The number of aromatic nitrogens is 1. The van der Waals surface area contributed by atoms with E-state index in [2.05, 4.69) is 20.8 Å².